The topological polar surface area (TPSA) is 189 Å². The number of aromatic amines is 2. The number of fused-ring (bicyclic) bond motifs is 2. The lowest BCUT2D eigenvalue weighted by molar-refractivity contribution is -0.121. The van der Waals surface area contributed by atoms with E-state index in [2.05, 4.69) is 49.5 Å². The molecule has 16 heteroatoms. The number of imidazole rings is 2. The average Bonchev–Trinajstić information content (AvgIpc) is 3.68. The zero-order valence-corrected chi connectivity index (χ0v) is 34.5. The molecule has 16 nitrogen and oxygen atoms in total. The van der Waals surface area contributed by atoms with Gasteiger partial charge in [0.15, 0.2) is 22.7 Å². The van der Waals surface area contributed by atoms with Crippen LogP contribution in [-0.4, -0.2) is 90.9 Å². The Morgan fingerprint density at radius 2 is 1.23 bits per heavy atom. The van der Waals surface area contributed by atoms with Crippen LogP contribution in [0.5, 0.6) is 11.5 Å². The van der Waals surface area contributed by atoms with Crippen molar-refractivity contribution in [3.63, 3.8) is 0 Å². The number of rotatable bonds is 16. The number of likely N-dealkylation sites (N-methyl/N-ethyl adjacent to an activating group) is 2. The molecule has 6 rings (SSSR count). The summed E-state index contributed by atoms with van der Waals surface area (Å²) in [6.45, 7) is 14.2. The van der Waals surface area contributed by atoms with Crippen LogP contribution in [0.15, 0.2) is 46.0 Å². The Labute approximate surface area is 332 Å². The van der Waals surface area contributed by atoms with Crippen LogP contribution in [0.1, 0.15) is 74.7 Å². The molecule has 0 unspecified atom stereocenters. The first-order valence-corrected chi connectivity index (χ1v) is 19.5. The highest BCUT2D eigenvalue weighted by atomic mass is 16.5. The second-order valence-corrected chi connectivity index (χ2v) is 13.8. The molecule has 0 atom stereocenters. The lowest BCUT2D eigenvalue weighted by Gasteiger charge is -2.17. The Morgan fingerprint density at radius 3 is 1.67 bits per heavy atom. The molecule has 1 amide bonds. The third kappa shape index (κ3) is 9.75. The van der Waals surface area contributed by atoms with Gasteiger partial charge in [-0.05, 0) is 90.0 Å². The monoisotopic (exact) mass is 781 g/mol. The predicted molar refractivity (Wildman–Crippen MR) is 221 cm³/mol. The van der Waals surface area contributed by atoms with Crippen LogP contribution >= 0.6 is 0 Å². The molecule has 4 N–H and O–H groups in total. The van der Waals surface area contributed by atoms with Crippen molar-refractivity contribution >= 4 is 16.9 Å². The zero-order valence-electron chi connectivity index (χ0n) is 34.5. The van der Waals surface area contributed by atoms with Crippen molar-refractivity contribution in [3.8, 4) is 34.3 Å². The van der Waals surface area contributed by atoms with Gasteiger partial charge in [-0.2, -0.15) is 0 Å². The SMILES string of the molecule is CCCc1nc(C)c2c(=O)[nH]c(-c3cc(CN(C)CC(=O)NC)ccc3OCC)nn12.CCCc1nc(C)c2c(=O)[nH]c(-c3cc(CNC)ccc3OCC)nn12. The molecular formula is C41H55N11O5. The summed E-state index contributed by atoms with van der Waals surface area (Å²) < 4.78 is 14.9. The summed E-state index contributed by atoms with van der Waals surface area (Å²) in [7, 11) is 5.39. The molecule has 0 aliphatic rings. The maximum Gasteiger partial charge on any atom is 0.277 e. The molecule has 0 spiro atoms. The lowest BCUT2D eigenvalue weighted by atomic mass is 10.1. The van der Waals surface area contributed by atoms with Gasteiger partial charge in [-0.15, -0.1) is 10.2 Å². The minimum absolute atomic E-state index is 0.0518. The normalized spacial score (nSPS) is 11.3. The molecule has 4 aromatic heterocycles. The van der Waals surface area contributed by atoms with Crippen molar-refractivity contribution in [2.75, 3.05) is 40.9 Å². The first kappa shape index (κ1) is 42.3. The molecule has 0 fully saturated rings. The molecule has 0 radical (unpaired) electrons. The van der Waals surface area contributed by atoms with E-state index in [0.29, 0.717) is 70.9 Å². The van der Waals surface area contributed by atoms with Crippen molar-refractivity contribution in [2.24, 2.45) is 0 Å². The molecule has 304 valence electrons. The van der Waals surface area contributed by atoms with E-state index in [-0.39, 0.29) is 23.6 Å². The lowest BCUT2D eigenvalue weighted by Crippen LogP contribution is -2.32. The van der Waals surface area contributed by atoms with Gasteiger partial charge in [-0.1, -0.05) is 26.0 Å². The van der Waals surface area contributed by atoms with Gasteiger partial charge < -0.3 is 30.1 Å². The summed E-state index contributed by atoms with van der Waals surface area (Å²) in [5.74, 6) is 3.76. The Bertz CT molecular complexity index is 2450. The number of aryl methyl sites for hydroxylation is 4. The van der Waals surface area contributed by atoms with E-state index in [9.17, 15) is 14.4 Å². The molecule has 2 aromatic carbocycles. The largest absolute Gasteiger partial charge is 0.493 e. The van der Waals surface area contributed by atoms with E-state index >= 15 is 0 Å². The van der Waals surface area contributed by atoms with E-state index in [1.807, 2.05) is 83.1 Å². The Hall–Kier alpha value is -5.87. The second kappa shape index (κ2) is 19.3. The van der Waals surface area contributed by atoms with Gasteiger partial charge in [0.25, 0.3) is 11.1 Å². The van der Waals surface area contributed by atoms with E-state index in [1.165, 1.54) is 0 Å². The van der Waals surface area contributed by atoms with Crippen LogP contribution in [0.2, 0.25) is 0 Å². The minimum atomic E-state index is -0.234. The number of hydrogen-bond donors (Lipinski definition) is 4. The standard InChI is InChI=1S/C22H30N6O3.C19H25N5O2/c1-6-8-18-24-14(3)20-22(30)25-21(26-28(18)20)16-11-15(9-10-17(16)31-7-2)12-27(5)13-19(29)23-4;1-5-7-16-21-12(3)17-19(25)22-18(23-24(16)17)14-10-13(11-20-4)8-9-15(14)26-6-2/h9-11H,6-8,12-13H2,1-5H3,(H,23,29)(H,25,26,30);8-10,20H,5-7,11H2,1-4H3,(H,22,23,25). The second-order valence-electron chi connectivity index (χ2n) is 13.8. The fourth-order valence-electron chi connectivity index (χ4n) is 6.68. The number of ether oxygens (including phenoxy) is 2. The van der Waals surface area contributed by atoms with Gasteiger partial charge in [0.1, 0.15) is 23.1 Å². The summed E-state index contributed by atoms with van der Waals surface area (Å²) >= 11 is 0. The molecule has 0 saturated heterocycles. The first-order chi connectivity index (χ1) is 27.5. The van der Waals surface area contributed by atoms with E-state index in [1.54, 1.807) is 16.1 Å². The summed E-state index contributed by atoms with van der Waals surface area (Å²) in [6.07, 6.45) is 3.33. The van der Waals surface area contributed by atoms with E-state index in [0.717, 1.165) is 60.6 Å². The van der Waals surface area contributed by atoms with Crippen molar-refractivity contribution in [2.45, 2.75) is 80.3 Å². The van der Waals surface area contributed by atoms with Crippen LogP contribution < -0.4 is 31.2 Å². The molecule has 6 aromatic rings. The zero-order chi connectivity index (χ0) is 41.2. The van der Waals surface area contributed by atoms with Crippen LogP contribution in [0.4, 0.5) is 0 Å². The van der Waals surface area contributed by atoms with Crippen LogP contribution in [0, 0.1) is 13.8 Å². The minimum Gasteiger partial charge on any atom is -0.493 e. The van der Waals surface area contributed by atoms with Crippen molar-refractivity contribution < 1.29 is 14.3 Å². The molecule has 0 bridgehead atoms. The van der Waals surface area contributed by atoms with E-state index in [4.69, 9.17) is 14.6 Å². The molecule has 0 aliphatic heterocycles. The Kier molecular flexibility index (Phi) is 14.3. The number of amides is 1. The Morgan fingerprint density at radius 1 is 0.754 bits per heavy atom. The number of nitrogens with one attached hydrogen (secondary N) is 4. The first-order valence-electron chi connectivity index (χ1n) is 19.5. The van der Waals surface area contributed by atoms with Crippen molar-refractivity contribution in [3.05, 3.63) is 91.3 Å². The molecule has 4 heterocycles. The smallest absolute Gasteiger partial charge is 0.277 e. The maximum atomic E-state index is 12.8. The number of carbonyl (C=O) groups is 1. The van der Waals surface area contributed by atoms with Crippen molar-refractivity contribution in [1.29, 1.82) is 0 Å². The third-order valence-electron chi connectivity index (χ3n) is 9.16. The third-order valence-corrected chi connectivity index (χ3v) is 9.16. The summed E-state index contributed by atoms with van der Waals surface area (Å²) in [4.78, 5) is 54.0. The van der Waals surface area contributed by atoms with Gasteiger partial charge in [-0.25, -0.2) is 19.0 Å². The maximum absolute atomic E-state index is 12.8. The van der Waals surface area contributed by atoms with Crippen LogP contribution in [-0.2, 0) is 30.7 Å². The summed E-state index contributed by atoms with van der Waals surface area (Å²) in [5, 5.41) is 15.2. The Balaban J connectivity index is 0.000000221. The van der Waals surface area contributed by atoms with Gasteiger partial charge in [-0.3, -0.25) is 19.3 Å². The molecule has 0 saturated carbocycles. The van der Waals surface area contributed by atoms with Gasteiger partial charge >= 0.3 is 0 Å². The number of aromatic nitrogens is 8. The molecular weight excluding hydrogens is 727 g/mol. The van der Waals surface area contributed by atoms with Crippen LogP contribution in [0.3, 0.4) is 0 Å². The highest BCUT2D eigenvalue weighted by Gasteiger charge is 2.19. The average molecular weight is 782 g/mol. The number of benzene rings is 2. The van der Waals surface area contributed by atoms with Gasteiger partial charge in [0.2, 0.25) is 5.91 Å². The number of hydrogen-bond acceptors (Lipinski definition) is 11. The number of nitrogens with zero attached hydrogens (tertiary/aromatic N) is 7. The van der Waals surface area contributed by atoms with Gasteiger partial charge in [0.05, 0.1) is 42.3 Å². The summed E-state index contributed by atoms with van der Waals surface area (Å²) in [6, 6.07) is 11.7. The highest BCUT2D eigenvalue weighted by Crippen LogP contribution is 2.30. The fraction of sp³-hybridized carbons (Fsp3) is 0.439. The van der Waals surface area contributed by atoms with E-state index < -0.39 is 0 Å². The molecule has 57 heavy (non-hydrogen) atoms. The highest BCUT2D eigenvalue weighted by molar-refractivity contribution is 5.77. The number of carbonyl (C=O) groups excluding carboxylic acids is 1. The van der Waals surface area contributed by atoms with Crippen LogP contribution in [0.25, 0.3) is 33.8 Å². The van der Waals surface area contributed by atoms with Crippen molar-refractivity contribution in [1.82, 2.24) is 54.7 Å². The predicted octanol–water partition coefficient (Wildman–Crippen LogP) is 4.39. The quantitative estimate of drug-likeness (QED) is 0.109. The fourth-order valence-corrected chi connectivity index (χ4v) is 6.68. The van der Waals surface area contributed by atoms with Gasteiger partial charge in [0, 0.05) is 33.0 Å². The molecule has 0 aliphatic carbocycles. The summed E-state index contributed by atoms with van der Waals surface area (Å²) in [5.41, 5.74) is 5.43. The number of H-pyrrole nitrogens is 2.